The third-order valence-corrected chi connectivity index (χ3v) is 5.82. The molecule has 1 rings (SSSR count). The van der Waals surface area contributed by atoms with E-state index in [0.717, 1.165) is 5.33 Å². The molecule has 0 aliphatic heterocycles. The SMILES string of the molecule is CCCCCCCCCCCCCCC(C)c1ccccc1CBr. The maximum Gasteiger partial charge on any atom is 0.0285 e. The van der Waals surface area contributed by atoms with Gasteiger partial charge in [-0.15, -0.1) is 0 Å². The smallest absolute Gasteiger partial charge is 0.0285 e. The van der Waals surface area contributed by atoms with Crippen LogP contribution in [0.15, 0.2) is 24.3 Å². The van der Waals surface area contributed by atoms with Crippen molar-refractivity contribution in [3.8, 4) is 0 Å². The third kappa shape index (κ3) is 9.87. The van der Waals surface area contributed by atoms with Gasteiger partial charge in [-0.25, -0.2) is 0 Å². The van der Waals surface area contributed by atoms with Crippen LogP contribution in [0.5, 0.6) is 0 Å². The van der Waals surface area contributed by atoms with Gasteiger partial charge in [-0.1, -0.05) is 131 Å². The molecular formula is C23H39Br. The lowest BCUT2D eigenvalue weighted by molar-refractivity contribution is 0.528. The summed E-state index contributed by atoms with van der Waals surface area (Å²) in [6.45, 7) is 4.68. The quantitative estimate of drug-likeness (QED) is 0.206. The van der Waals surface area contributed by atoms with Crippen molar-refractivity contribution in [2.75, 3.05) is 0 Å². The van der Waals surface area contributed by atoms with Gasteiger partial charge in [-0.3, -0.25) is 0 Å². The van der Waals surface area contributed by atoms with Crippen molar-refractivity contribution in [2.45, 2.75) is 109 Å². The molecule has 24 heavy (non-hydrogen) atoms. The Morgan fingerprint density at radius 1 is 0.750 bits per heavy atom. The van der Waals surface area contributed by atoms with Gasteiger partial charge in [-0.2, -0.15) is 0 Å². The fourth-order valence-electron chi connectivity index (χ4n) is 3.58. The molecule has 0 nitrogen and oxygen atoms in total. The molecular weight excluding hydrogens is 356 g/mol. The summed E-state index contributed by atoms with van der Waals surface area (Å²) in [5.41, 5.74) is 3.00. The van der Waals surface area contributed by atoms with Crippen LogP contribution in [-0.4, -0.2) is 0 Å². The van der Waals surface area contributed by atoms with E-state index in [1.54, 1.807) is 0 Å². The fraction of sp³-hybridized carbons (Fsp3) is 0.739. The summed E-state index contributed by atoms with van der Waals surface area (Å²) in [5.74, 6) is 0.696. The zero-order chi connectivity index (χ0) is 17.5. The van der Waals surface area contributed by atoms with Gasteiger partial charge in [-0.05, 0) is 23.5 Å². The van der Waals surface area contributed by atoms with Gasteiger partial charge in [0.25, 0.3) is 0 Å². The molecule has 0 amide bonds. The van der Waals surface area contributed by atoms with E-state index < -0.39 is 0 Å². The highest BCUT2D eigenvalue weighted by Crippen LogP contribution is 2.26. The van der Waals surface area contributed by atoms with Gasteiger partial charge in [0.05, 0.1) is 0 Å². The molecule has 1 heteroatoms. The van der Waals surface area contributed by atoms with E-state index in [9.17, 15) is 0 Å². The summed E-state index contributed by atoms with van der Waals surface area (Å²) in [5, 5.41) is 0.978. The van der Waals surface area contributed by atoms with E-state index in [2.05, 4.69) is 54.0 Å². The molecule has 0 bridgehead atoms. The Morgan fingerprint density at radius 3 is 1.79 bits per heavy atom. The average Bonchev–Trinajstić information content (AvgIpc) is 2.62. The summed E-state index contributed by atoms with van der Waals surface area (Å²) in [6, 6.07) is 8.89. The molecule has 0 fully saturated rings. The average molecular weight is 395 g/mol. The summed E-state index contributed by atoms with van der Waals surface area (Å²) < 4.78 is 0. The van der Waals surface area contributed by atoms with Crippen LogP contribution >= 0.6 is 15.9 Å². The first-order chi connectivity index (χ1) is 11.8. The molecule has 138 valence electrons. The molecule has 1 aromatic carbocycles. The number of rotatable bonds is 15. The minimum absolute atomic E-state index is 0.696. The monoisotopic (exact) mass is 394 g/mol. The van der Waals surface area contributed by atoms with Gasteiger partial charge in [0.15, 0.2) is 0 Å². The summed E-state index contributed by atoms with van der Waals surface area (Å²) in [7, 11) is 0. The van der Waals surface area contributed by atoms with Crippen LogP contribution in [0.4, 0.5) is 0 Å². The Morgan fingerprint density at radius 2 is 1.25 bits per heavy atom. The molecule has 1 aromatic rings. The number of hydrogen-bond donors (Lipinski definition) is 0. The first kappa shape index (κ1) is 21.7. The maximum atomic E-state index is 3.62. The van der Waals surface area contributed by atoms with Gasteiger partial charge in [0, 0.05) is 5.33 Å². The van der Waals surface area contributed by atoms with Crippen LogP contribution in [0.1, 0.15) is 114 Å². The molecule has 1 atom stereocenters. The first-order valence-corrected chi connectivity index (χ1v) is 11.6. The number of alkyl halides is 1. The second kappa shape index (κ2) is 15.0. The second-order valence-corrected chi connectivity index (χ2v) is 7.97. The van der Waals surface area contributed by atoms with Crippen LogP contribution in [0.25, 0.3) is 0 Å². The summed E-state index contributed by atoms with van der Waals surface area (Å²) >= 11 is 3.62. The zero-order valence-corrected chi connectivity index (χ0v) is 17.8. The van der Waals surface area contributed by atoms with Crippen LogP contribution in [-0.2, 0) is 5.33 Å². The van der Waals surface area contributed by atoms with Crippen LogP contribution in [0, 0.1) is 0 Å². The highest BCUT2D eigenvalue weighted by Gasteiger charge is 2.09. The topological polar surface area (TPSA) is 0 Å². The second-order valence-electron chi connectivity index (χ2n) is 7.41. The van der Waals surface area contributed by atoms with Crippen LogP contribution in [0.3, 0.4) is 0 Å². The summed E-state index contributed by atoms with van der Waals surface area (Å²) in [4.78, 5) is 0. The summed E-state index contributed by atoms with van der Waals surface area (Å²) in [6.07, 6.45) is 18.6. The Balaban J connectivity index is 1.96. The maximum absolute atomic E-state index is 3.62. The number of benzene rings is 1. The van der Waals surface area contributed by atoms with Crippen molar-refractivity contribution in [3.05, 3.63) is 35.4 Å². The lowest BCUT2D eigenvalue weighted by atomic mass is 9.91. The van der Waals surface area contributed by atoms with E-state index in [4.69, 9.17) is 0 Å². The fourth-order valence-corrected chi connectivity index (χ4v) is 4.09. The molecule has 0 aliphatic carbocycles. The zero-order valence-electron chi connectivity index (χ0n) is 16.2. The molecule has 0 radical (unpaired) electrons. The lowest BCUT2D eigenvalue weighted by Crippen LogP contribution is -1.98. The molecule has 0 saturated carbocycles. The Labute approximate surface area is 160 Å². The molecule has 0 saturated heterocycles. The predicted molar refractivity (Wildman–Crippen MR) is 113 cm³/mol. The van der Waals surface area contributed by atoms with E-state index in [1.807, 2.05) is 0 Å². The van der Waals surface area contributed by atoms with E-state index in [1.165, 1.54) is 94.6 Å². The highest BCUT2D eigenvalue weighted by molar-refractivity contribution is 9.08. The Hall–Kier alpha value is -0.300. The Kier molecular flexibility index (Phi) is 13.6. The Bertz CT molecular complexity index is 399. The van der Waals surface area contributed by atoms with E-state index in [-0.39, 0.29) is 0 Å². The van der Waals surface area contributed by atoms with Crippen LogP contribution in [0.2, 0.25) is 0 Å². The van der Waals surface area contributed by atoms with Gasteiger partial charge in [0.1, 0.15) is 0 Å². The predicted octanol–water partition coefficient (Wildman–Crippen LogP) is 8.78. The lowest BCUT2D eigenvalue weighted by Gasteiger charge is -2.15. The number of halogens is 1. The normalized spacial score (nSPS) is 12.5. The van der Waals surface area contributed by atoms with Gasteiger partial charge in [0.2, 0.25) is 0 Å². The van der Waals surface area contributed by atoms with Crippen molar-refractivity contribution < 1.29 is 0 Å². The minimum Gasteiger partial charge on any atom is -0.0876 e. The highest BCUT2D eigenvalue weighted by atomic mass is 79.9. The van der Waals surface area contributed by atoms with Crippen molar-refractivity contribution in [1.82, 2.24) is 0 Å². The van der Waals surface area contributed by atoms with Crippen molar-refractivity contribution >= 4 is 15.9 Å². The molecule has 0 heterocycles. The molecule has 0 aromatic heterocycles. The van der Waals surface area contributed by atoms with Crippen molar-refractivity contribution in [1.29, 1.82) is 0 Å². The number of unbranched alkanes of at least 4 members (excludes halogenated alkanes) is 11. The molecule has 0 N–H and O–H groups in total. The van der Waals surface area contributed by atoms with E-state index >= 15 is 0 Å². The van der Waals surface area contributed by atoms with Crippen LogP contribution < -0.4 is 0 Å². The van der Waals surface area contributed by atoms with Crippen molar-refractivity contribution in [2.24, 2.45) is 0 Å². The molecule has 0 spiro atoms. The molecule has 0 aliphatic rings. The largest absolute Gasteiger partial charge is 0.0876 e. The third-order valence-electron chi connectivity index (χ3n) is 5.22. The van der Waals surface area contributed by atoms with Gasteiger partial charge < -0.3 is 0 Å². The minimum atomic E-state index is 0.696. The first-order valence-electron chi connectivity index (χ1n) is 10.4. The number of hydrogen-bond acceptors (Lipinski definition) is 0. The molecule has 1 unspecified atom stereocenters. The van der Waals surface area contributed by atoms with Gasteiger partial charge >= 0.3 is 0 Å². The standard InChI is InChI=1S/C23H39Br/c1-3-4-5-6-7-8-9-10-11-12-13-14-17-21(2)23-19-16-15-18-22(23)20-24/h15-16,18-19,21H,3-14,17,20H2,1-2H3. The van der Waals surface area contributed by atoms with E-state index in [0.29, 0.717) is 5.92 Å². The van der Waals surface area contributed by atoms with Crippen molar-refractivity contribution in [3.63, 3.8) is 0 Å².